The van der Waals surface area contributed by atoms with Crippen LogP contribution in [0.2, 0.25) is 0 Å². The summed E-state index contributed by atoms with van der Waals surface area (Å²) in [7, 11) is 0. The second kappa shape index (κ2) is 4.24. The van der Waals surface area contributed by atoms with Crippen molar-refractivity contribution in [3.63, 3.8) is 0 Å². The van der Waals surface area contributed by atoms with E-state index in [-0.39, 0.29) is 5.75 Å². The highest BCUT2D eigenvalue weighted by molar-refractivity contribution is 14.1. The van der Waals surface area contributed by atoms with E-state index in [0.29, 0.717) is 5.56 Å². The Morgan fingerprint density at radius 2 is 2.09 bits per heavy atom. The Labute approximate surface area is 79.6 Å². The number of halogens is 1. The Balaban J connectivity index is 2.95. The van der Waals surface area contributed by atoms with Gasteiger partial charge in [0, 0.05) is 0 Å². The zero-order chi connectivity index (χ0) is 8.10. The van der Waals surface area contributed by atoms with E-state index in [0.717, 1.165) is 4.43 Å². The molecular weight excluding hydrogens is 251 g/mol. The molecule has 0 saturated heterocycles. The lowest BCUT2D eigenvalue weighted by Crippen LogP contribution is -1.74. The van der Waals surface area contributed by atoms with Gasteiger partial charge < -0.3 is 5.11 Å². The quantitative estimate of drug-likeness (QED) is 0.429. The van der Waals surface area contributed by atoms with Crippen molar-refractivity contribution in [1.82, 2.24) is 0 Å². The number of benzene rings is 1. The van der Waals surface area contributed by atoms with E-state index in [1.807, 2.05) is 6.07 Å². The van der Waals surface area contributed by atoms with Crippen molar-refractivity contribution in [3.8, 4) is 17.6 Å². The van der Waals surface area contributed by atoms with Gasteiger partial charge in [0.2, 0.25) is 0 Å². The van der Waals surface area contributed by atoms with E-state index < -0.39 is 0 Å². The third-order valence-corrected chi connectivity index (χ3v) is 1.58. The van der Waals surface area contributed by atoms with Gasteiger partial charge in [0.05, 0.1) is 9.99 Å². The summed E-state index contributed by atoms with van der Waals surface area (Å²) in [6.45, 7) is 0. The lowest BCUT2D eigenvalue weighted by molar-refractivity contribution is 0.473. The van der Waals surface area contributed by atoms with Crippen LogP contribution in [0.4, 0.5) is 0 Å². The van der Waals surface area contributed by atoms with E-state index in [1.54, 1.807) is 18.2 Å². The molecule has 56 valence electrons. The van der Waals surface area contributed by atoms with Crippen LogP contribution < -0.4 is 0 Å². The first kappa shape index (κ1) is 8.41. The fraction of sp³-hybridized carbons (Fsp3) is 0.111. The van der Waals surface area contributed by atoms with Crippen molar-refractivity contribution >= 4 is 22.6 Å². The first-order chi connectivity index (χ1) is 5.34. The van der Waals surface area contributed by atoms with Gasteiger partial charge in [0.1, 0.15) is 5.75 Å². The SMILES string of the molecule is Oc1ccccc1C#CCI. The molecule has 11 heavy (non-hydrogen) atoms. The Kier molecular flexibility index (Phi) is 3.24. The molecule has 0 atom stereocenters. The van der Waals surface area contributed by atoms with Gasteiger partial charge in [-0.05, 0) is 12.1 Å². The number of rotatable bonds is 0. The molecule has 0 bridgehead atoms. The zero-order valence-corrected chi connectivity index (χ0v) is 8.00. The van der Waals surface area contributed by atoms with Crippen LogP contribution in [0.5, 0.6) is 5.75 Å². The minimum Gasteiger partial charge on any atom is -0.507 e. The molecule has 0 aliphatic rings. The number of phenolic OH excluding ortho intramolecular Hbond substituents is 1. The summed E-state index contributed by atoms with van der Waals surface area (Å²) in [4.78, 5) is 0. The normalized spacial score (nSPS) is 8.45. The molecule has 1 aromatic carbocycles. The average molecular weight is 258 g/mol. The van der Waals surface area contributed by atoms with Gasteiger partial charge in [-0.3, -0.25) is 0 Å². The number of alkyl halides is 1. The molecular formula is C9H7IO. The largest absolute Gasteiger partial charge is 0.507 e. The van der Waals surface area contributed by atoms with Crippen molar-refractivity contribution < 1.29 is 5.11 Å². The first-order valence-electron chi connectivity index (χ1n) is 3.17. The monoisotopic (exact) mass is 258 g/mol. The van der Waals surface area contributed by atoms with E-state index >= 15 is 0 Å². The van der Waals surface area contributed by atoms with Gasteiger partial charge in [-0.1, -0.05) is 46.6 Å². The van der Waals surface area contributed by atoms with Crippen LogP contribution in [0.1, 0.15) is 5.56 Å². The average Bonchev–Trinajstić information content (AvgIpc) is 2.03. The second-order valence-electron chi connectivity index (χ2n) is 1.95. The highest BCUT2D eigenvalue weighted by Gasteiger charge is 1.91. The maximum Gasteiger partial charge on any atom is 0.131 e. The van der Waals surface area contributed by atoms with E-state index in [2.05, 4.69) is 34.4 Å². The summed E-state index contributed by atoms with van der Waals surface area (Å²) in [5, 5.41) is 9.23. The van der Waals surface area contributed by atoms with Crippen molar-refractivity contribution in [2.75, 3.05) is 4.43 Å². The summed E-state index contributed by atoms with van der Waals surface area (Å²) in [5.74, 6) is 5.99. The molecule has 2 heteroatoms. The minimum absolute atomic E-state index is 0.254. The molecule has 0 aliphatic heterocycles. The first-order valence-corrected chi connectivity index (χ1v) is 4.70. The molecule has 0 saturated carbocycles. The van der Waals surface area contributed by atoms with Gasteiger partial charge >= 0.3 is 0 Å². The van der Waals surface area contributed by atoms with Crippen molar-refractivity contribution in [2.45, 2.75) is 0 Å². The summed E-state index contributed by atoms with van der Waals surface area (Å²) < 4.78 is 0.784. The fourth-order valence-electron chi connectivity index (χ4n) is 0.708. The van der Waals surface area contributed by atoms with Gasteiger partial charge in [-0.15, -0.1) is 0 Å². The zero-order valence-electron chi connectivity index (χ0n) is 5.84. The van der Waals surface area contributed by atoms with E-state index in [4.69, 9.17) is 0 Å². The van der Waals surface area contributed by atoms with Crippen molar-refractivity contribution in [3.05, 3.63) is 29.8 Å². The predicted molar refractivity (Wildman–Crippen MR) is 53.9 cm³/mol. The minimum atomic E-state index is 0.254. The van der Waals surface area contributed by atoms with Gasteiger partial charge in [-0.25, -0.2) is 0 Å². The summed E-state index contributed by atoms with van der Waals surface area (Å²) in [6, 6.07) is 7.08. The van der Waals surface area contributed by atoms with E-state index in [9.17, 15) is 5.11 Å². The molecule has 0 radical (unpaired) electrons. The molecule has 0 spiro atoms. The van der Waals surface area contributed by atoms with Gasteiger partial charge in [0.25, 0.3) is 0 Å². The topological polar surface area (TPSA) is 20.2 Å². The van der Waals surface area contributed by atoms with Crippen LogP contribution in [0, 0.1) is 11.8 Å². The predicted octanol–water partition coefficient (Wildman–Crippen LogP) is 2.18. The number of hydrogen-bond donors (Lipinski definition) is 1. The van der Waals surface area contributed by atoms with E-state index in [1.165, 1.54) is 0 Å². The lowest BCUT2D eigenvalue weighted by atomic mass is 10.2. The molecule has 1 rings (SSSR count). The summed E-state index contributed by atoms with van der Waals surface area (Å²) in [5.41, 5.74) is 0.698. The van der Waals surface area contributed by atoms with Gasteiger partial charge in [0.15, 0.2) is 0 Å². The van der Waals surface area contributed by atoms with Crippen molar-refractivity contribution in [2.24, 2.45) is 0 Å². The maximum atomic E-state index is 9.23. The van der Waals surface area contributed by atoms with Crippen LogP contribution in [-0.2, 0) is 0 Å². The fourth-order valence-corrected chi connectivity index (χ4v) is 0.899. The Morgan fingerprint density at radius 1 is 1.36 bits per heavy atom. The third kappa shape index (κ3) is 2.43. The number of phenols is 1. The second-order valence-corrected chi connectivity index (χ2v) is 2.72. The molecule has 0 amide bonds. The molecule has 0 unspecified atom stereocenters. The highest BCUT2D eigenvalue weighted by Crippen LogP contribution is 2.13. The number of aromatic hydroxyl groups is 1. The Hall–Kier alpha value is -0.690. The van der Waals surface area contributed by atoms with Crippen LogP contribution in [0.15, 0.2) is 24.3 Å². The number of para-hydroxylation sites is 1. The molecule has 0 heterocycles. The highest BCUT2D eigenvalue weighted by atomic mass is 127. The lowest BCUT2D eigenvalue weighted by Gasteiger charge is -1.92. The summed E-state index contributed by atoms with van der Waals surface area (Å²) in [6.07, 6.45) is 0. The maximum absolute atomic E-state index is 9.23. The Bertz CT molecular complexity index is 296. The van der Waals surface area contributed by atoms with Crippen LogP contribution in [0.25, 0.3) is 0 Å². The van der Waals surface area contributed by atoms with Crippen molar-refractivity contribution in [1.29, 1.82) is 0 Å². The molecule has 0 aliphatic carbocycles. The van der Waals surface area contributed by atoms with Crippen LogP contribution in [0.3, 0.4) is 0 Å². The molecule has 0 aromatic heterocycles. The number of hydrogen-bond acceptors (Lipinski definition) is 1. The van der Waals surface area contributed by atoms with Crippen LogP contribution >= 0.6 is 22.6 Å². The standard InChI is InChI=1S/C9H7IO/c10-7-3-5-8-4-1-2-6-9(8)11/h1-2,4,6,11H,7H2. The Morgan fingerprint density at radius 3 is 2.73 bits per heavy atom. The van der Waals surface area contributed by atoms with Gasteiger partial charge in [-0.2, -0.15) is 0 Å². The summed E-state index contributed by atoms with van der Waals surface area (Å²) >= 11 is 2.17. The van der Waals surface area contributed by atoms with Crippen LogP contribution in [-0.4, -0.2) is 9.53 Å². The molecule has 1 nitrogen and oxygen atoms in total. The smallest absolute Gasteiger partial charge is 0.131 e. The molecule has 0 fully saturated rings. The third-order valence-electron chi connectivity index (χ3n) is 1.19. The molecule has 1 N–H and O–H groups in total. The molecule has 1 aromatic rings.